The Kier molecular flexibility index (Phi) is 6.55. The van der Waals surface area contributed by atoms with Crippen molar-refractivity contribution in [2.45, 2.75) is 37.5 Å². The minimum atomic E-state index is -3.60. The molecule has 4 rings (SSSR count). The first-order valence-corrected chi connectivity index (χ1v) is 13.8. The van der Waals surface area contributed by atoms with E-state index in [1.54, 1.807) is 55.5 Å². The van der Waals surface area contributed by atoms with E-state index in [1.165, 1.54) is 4.31 Å². The second-order valence-corrected chi connectivity index (χ2v) is 12.0. The third kappa shape index (κ3) is 5.26. The Balaban J connectivity index is 1.48. The van der Waals surface area contributed by atoms with Crippen LogP contribution in [0.2, 0.25) is 0 Å². The summed E-state index contributed by atoms with van der Waals surface area (Å²) in [6, 6.07) is 13.5. The Morgan fingerprint density at radius 2 is 1.76 bits per heavy atom. The Morgan fingerprint density at radius 1 is 1.06 bits per heavy atom. The predicted octanol–water partition coefficient (Wildman–Crippen LogP) is 3.37. The molecule has 2 aromatic carbocycles. The number of aromatic nitrogens is 2. The number of anilines is 1. The Hall–Kier alpha value is -2.76. The lowest BCUT2D eigenvalue weighted by Crippen LogP contribution is -2.39. The van der Waals surface area contributed by atoms with Gasteiger partial charge in [0.25, 0.3) is 0 Å². The summed E-state index contributed by atoms with van der Waals surface area (Å²) in [5, 5.41) is 4.04. The third-order valence-electron chi connectivity index (χ3n) is 5.63. The second kappa shape index (κ2) is 9.24. The van der Waals surface area contributed by atoms with Crippen LogP contribution in [0.15, 0.2) is 57.9 Å². The lowest BCUT2D eigenvalue weighted by atomic mass is 10.00. The van der Waals surface area contributed by atoms with Gasteiger partial charge in [0.2, 0.25) is 31.8 Å². The largest absolute Gasteiger partial charge is 0.339 e. The Bertz CT molecular complexity index is 1320. The number of sulfonamides is 2. The molecule has 0 aliphatic carbocycles. The molecule has 33 heavy (non-hydrogen) atoms. The number of hydrogen-bond acceptors (Lipinski definition) is 7. The van der Waals surface area contributed by atoms with Gasteiger partial charge in [0.1, 0.15) is 0 Å². The van der Waals surface area contributed by atoms with E-state index in [4.69, 9.17) is 4.52 Å². The van der Waals surface area contributed by atoms with Crippen LogP contribution in [-0.4, -0.2) is 50.1 Å². The molecule has 11 heteroatoms. The highest BCUT2D eigenvalue weighted by Gasteiger charge is 2.33. The molecular weight excluding hydrogens is 464 g/mol. The van der Waals surface area contributed by atoms with Crippen molar-refractivity contribution in [3.8, 4) is 11.4 Å². The van der Waals surface area contributed by atoms with Crippen LogP contribution in [0.4, 0.5) is 5.69 Å². The molecule has 0 amide bonds. The van der Waals surface area contributed by atoms with Gasteiger partial charge in [0.05, 0.1) is 16.6 Å². The highest BCUT2D eigenvalue weighted by Crippen LogP contribution is 2.31. The zero-order valence-electron chi connectivity index (χ0n) is 18.4. The van der Waals surface area contributed by atoms with Crippen LogP contribution in [0.3, 0.4) is 0 Å². The van der Waals surface area contributed by atoms with Gasteiger partial charge in [0, 0.05) is 24.3 Å². The highest BCUT2D eigenvalue weighted by atomic mass is 32.2. The van der Waals surface area contributed by atoms with E-state index in [1.807, 2.05) is 6.92 Å². The van der Waals surface area contributed by atoms with Gasteiger partial charge in [0.15, 0.2) is 0 Å². The molecule has 0 unspecified atom stereocenters. The van der Waals surface area contributed by atoms with Gasteiger partial charge >= 0.3 is 0 Å². The molecule has 1 fully saturated rings. The van der Waals surface area contributed by atoms with Gasteiger partial charge in [-0.15, -0.1) is 0 Å². The van der Waals surface area contributed by atoms with Gasteiger partial charge in [-0.25, -0.2) is 16.8 Å². The average Bonchev–Trinajstić information content (AvgIpc) is 3.30. The van der Waals surface area contributed by atoms with E-state index >= 15 is 0 Å². The standard InChI is InChI=1S/C22H26N4O5S2/c1-3-32(27,28)25-19-10-8-17(9-11-19)21-23-22(31-24-21)18-5-4-14-26(15-18)33(29,30)20-12-6-16(2)7-13-20/h6-13,18,25H,3-5,14-15H2,1-2H3/t18-/m0/s1. The summed E-state index contributed by atoms with van der Waals surface area (Å²) in [5.41, 5.74) is 2.12. The van der Waals surface area contributed by atoms with E-state index in [9.17, 15) is 16.8 Å². The van der Waals surface area contributed by atoms with E-state index < -0.39 is 20.0 Å². The topological polar surface area (TPSA) is 122 Å². The predicted molar refractivity (Wildman–Crippen MR) is 125 cm³/mol. The molecule has 1 aromatic heterocycles. The molecule has 0 bridgehead atoms. The molecule has 0 spiro atoms. The first-order valence-electron chi connectivity index (χ1n) is 10.7. The number of benzene rings is 2. The fourth-order valence-corrected chi connectivity index (χ4v) is 5.84. The van der Waals surface area contributed by atoms with E-state index in [0.717, 1.165) is 12.0 Å². The van der Waals surface area contributed by atoms with Gasteiger partial charge in [-0.05, 0) is 63.1 Å². The van der Waals surface area contributed by atoms with Gasteiger partial charge in [-0.2, -0.15) is 9.29 Å². The first-order chi connectivity index (χ1) is 15.7. The normalized spacial score (nSPS) is 17.7. The minimum Gasteiger partial charge on any atom is -0.339 e. The number of hydrogen-bond donors (Lipinski definition) is 1. The summed E-state index contributed by atoms with van der Waals surface area (Å²) in [7, 11) is -6.95. The second-order valence-electron chi connectivity index (χ2n) is 8.05. The fourth-order valence-electron chi connectivity index (χ4n) is 3.68. The minimum absolute atomic E-state index is 0.0129. The zero-order chi connectivity index (χ0) is 23.6. The average molecular weight is 491 g/mol. The van der Waals surface area contributed by atoms with E-state index in [0.29, 0.717) is 35.9 Å². The quantitative estimate of drug-likeness (QED) is 0.539. The summed E-state index contributed by atoms with van der Waals surface area (Å²) in [5.74, 6) is 0.551. The van der Waals surface area contributed by atoms with Crippen molar-refractivity contribution in [3.05, 3.63) is 60.0 Å². The van der Waals surface area contributed by atoms with E-state index in [2.05, 4.69) is 14.9 Å². The summed E-state index contributed by atoms with van der Waals surface area (Å²) in [6.07, 6.45) is 1.44. The van der Waals surface area contributed by atoms with Crippen LogP contribution in [-0.2, 0) is 20.0 Å². The third-order valence-corrected chi connectivity index (χ3v) is 8.82. The number of nitrogens with one attached hydrogen (secondary N) is 1. The summed E-state index contributed by atoms with van der Waals surface area (Å²) >= 11 is 0. The molecule has 2 heterocycles. The molecule has 1 saturated heterocycles. The lowest BCUT2D eigenvalue weighted by molar-refractivity contribution is 0.265. The molecule has 176 valence electrons. The highest BCUT2D eigenvalue weighted by molar-refractivity contribution is 7.92. The van der Waals surface area contributed by atoms with Crippen LogP contribution >= 0.6 is 0 Å². The maximum Gasteiger partial charge on any atom is 0.243 e. The maximum atomic E-state index is 13.1. The van der Waals surface area contributed by atoms with Crippen molar-refractivity contribution in [1.82, 2.24) is 14.4 Å². The monoisotopic (exact) mass is 490 g/mol. The van der Waals surface area contributed by atoms with E-state index in [-0.39, 0.29) is 23.1 Å². The van der Waals surface area contributed by atoms with Crippen molar-refractivity contribution in [2.24, 2.45) is 0 Å². The molecule has 0 radical (unpaired) electrons. The smallest absolute Gasteiger partial charge is 0.243 e. The molecule has 1 atom stereocenters. The van der Waals surface area contributed by atoms with Crippen LogP contribution in [0.1, 0.15) is 37.1 Å². The molecule has 1 aliphatic rings. The molecule has 0 saturated carbocycles. The van der Waals surface area contributed by atoms with Crippen LogP contribution in [0.25, 0.3) is 11.4 Å². The van der Waals surface area contributed by atoms with Crippen LogP contribution in [0.5, 0.6) is 0 Å². The molecule has 1 N–H and O–H groups in total. The van der Waals surface area contributed by atoms with Gasteiger partial charge in [-0.1, -0.05) is 22.9 Å². The molecule has 1 aliphatic heterocycles. The lowest BCUT2D eigenvalue weighted by Gasteiger charge is -2.30. The fraction of sp³-hybridized carbons (Fsp3) is 0.364. The van der Waals surface area contributed by atoms with Gasteiger partial charge < -0.3 is 4.52 Å². The maximum absolute atomic E-state index is 13.1. The van der Waals surface area contributed by atoms with Crippen molar-refractivity contribution in [2.75, 3.05) is 23.6 Å². The van der Waals surface area contributed by atoms with Crippen molar-refractivity contribution < 1.29 is 21.4 Å². The number of rotatable bonds is 7. The summed E-state index contributed by atoms with van der Waals surface area (Å²) in [4.78, 5) is 4.76. The van der Waals surface area contributed by atoms with Crippen LogP contribution < -0.4 is 4.72 Å². The Morgan fingerprint density at radius 3 is 2.42 bits per heavy atom. The van der Waals surface area contributed by atoms with Crippen molar-refractivity contribution in [3.63, 3.8) is 0 Å². The van der Waals surface area contributed by atoms with Gasteiger partial charge in [-0.3, -0.25) is 4.72 Å². The number of aryl methyl sites for hydroxylation is 1. The molecule has 9 nitrogen and oxygen atoms in total. The number of piperidine rings is 1. The zero-order valence-corrected chi connectivity index (χ0v) is 20.1. The molecule has 3 aromatic rings. The SMILES string of the molecule is CCS(=O)(=O)Nc1ccc(-c2noc([C@H]3CCCN(S(=O)(=O)c4ccc(C)cc4)C3)n2)cc1. The van der Waals surface area contributed by atoms with Crippen molar-refractivity contribution in [1.29, 1.82) is 0 Å². The first kappa shape index (κ1) is 23.4. The summed E-state index contributed by atoms with van der Waals surface area (Å²) < 4.78 is 59.0. The van der Waals surface area contributed by atoms with Crippen molar-refractivity contribution >= 4 is 25.7 Å². The molecular formula is C22H26N4O5S2. The summed E-state index contributed by atoms with van der Waals surface area (Å²) in [6.45, 7) is 4.20. The number of nitrogens with zero attached hydrogens (tertiary/aromatic N) is 3. The van der Waals surface area contributed by atoms with Crippen LogP contribution in [0, 0.1) is 6.92 Å². The Labute approximate surface area is 193 Å².